The average Bonchev–Trinajstić information content (AvgIpc) is 3.48. The first kappa shape index (κ1) is 23.3. The molecule has 9 heteroatoms. The Hall–Kier alpha value is -2.88. The van der Waals surface area contributed by atoms with Crippen molar-refractivity contribution in [2.45, 2.75) is 37.0 Å². The van der Waals surface area contributed by atoms with E-state index in [-0.39, 0.29) is 11.8 Å². The van der Waals surface area contributed by atoms with Crippen LogP contribution in [-0.2, 0) is 29.1 Å². The molecule has 0 radical (unpaired) electrons. The number of amides is 2. The number of nitrogens with zero attached hydrogens (tertiary/aromatic N) is 2. The van der Waals surface area contributed by atoms with Gasteiger partial charge in [-0.1, -0.05) is 36.4 Å². The number of benzene rings is 2. The van der Waals surface area contributed by atoms with Gasteiger partial charge >= 0.3 is 0 Å². The first-order chi connectivity index (χ1) is 15.9. The van der Waals surface area contributed by atoms with Crippen molar-refractivity contribution in [3.8, 4) is 5.75 Å². The SMILES string of the molecule is COc1ccc(CC2CN=C(CNC(=O)[C@H](O)[C@@H](O)C(=O)N3Cc4ccccc4C3)S2)cc1. The molecule has 4 rings (SSSR count). The van der Waals surface area contributed by atoms with Crippen molar-refractivity contribution in [1.82, 2.24) is 10.2 Å². The standard InChI is InChI=1S/C24H27N3O5S/c1-32-18-8-6-15(7-9-18)10-19-11-25-20(33-19)12-26-23(30)21(28)22(29)24(31)27-13-16-4-2-3-5-17(16)14-27/h2-9,19,21-22,28-29H,10-14H2,1H3,(H,26,30)/t19?,21-,22-/m1/s1. The monoisotopic (exact) mass is 469 g/mol. The van der Waals surface area contributed by atoms with Gasteiger partial charge in [-0.05, 0) is 35.2 Å². The van der Waals surface area contributed by atoms with Gasteiger partial charge in [-0.2, -0.15) is 0 Å². The highest BCUT2D eigenvalue weighted by molar-refractivity contribution is 8.14. The van der Waals surface area contributed by atoms with E-state index < -0.39 is 24.0 Å². The molecule has 0 fully saturated rings. The Morgan fingerprint density at radius 2 is 1.79 bits per heavy atom. The molecule has 33 heavy (non-hydrogen) atoms. The maximum absolute atomic E-state index is 12.6. The van der Waals surface area contributed by atoms with E-state index in [1.54, 1.807) is 18.9 Å². The van der Waals surface area contributed by atoms with Gasteiger partial charge in [0.25, 0.3) is 11.8 Å². The number of ether oxygens (including phenoxy) is 1. The Balaban J connectivity index is 1.22. The van der Waals surface area contributed by atoms with E-state index in [1.807, 2.05) is 48.5 Å². The van der Waals surface area contributed by atoms with E-state index >= 15 is 0 Å². The van der Waals surface area contributed by atoms with Crippen LogP contribution < -0.4 is 10.1 Å². The third-order valence-electron chi connectivity index (χ3n) is 5.78. The summed E-state index contributed by atoms with van der Waals surface area (Å²) in [5.74, 6) is -0.651. The van der Waals surface area contributed by atoms with Crippen LogP contribution in [0.3, 0.4) is 0 Å². The normalized spacial score (nSPS) is 18.9. The summed E-state index contributed by atoms with van der Waals surface area (Å²) in [5, 5.41) is 24.1. The number of aliphatic imine (C=N–C) groups is 1. The molecule has 3 atom stereocenters. The number of aliphatic hydroxyl groups is 2. The number of hydrogen-bond acceptors (Lipinski definition) is 7. The van der Waals surface area contributed by atoms with Crippen molar-refractivity contribution < 1.29 is 24.5 Å². The molecule has 1 unspecified atom stereocenters. The zero-order chi connectivity index (χ0) is 23.4. The van der Waals surface area contributed by atoms with Crippen molar-refractivity contribution in [3.05, 3.63) is 65.2 Å². The lowest BCUT2D eigenvalue weighted by molar-refractivity contribution is -0.153. The highest BCUT2D eigenvalue weighted by atomic mass is 32.2. The summed E-state index contributed by atoms with van der Waals surface area (Å²) >= 11 is 1.58. The summed E-state index contributed by atoms with van der Waals surface area (Å²) < 4.78 is 5.17. The highest BCUT2D eigenvalue weighted by Gasteiger charge is 2.35. The fourth-order valence-corrected chi connectivity index (χ4v) is 5.03. The maximum atomic E-state index is 12.6. The van der Waals surface area contributed by atoms with Crippen molar-refractivity contribution >= 4 is 28.6 Å². The smallest absolute Gasteiger partial charge is 0.255 e. The van der Waals surface area contributed by atoms with Crippen LogP contribution >= 0.6 is 11.8 Å². The number of aliphatic hydroxyl groups excluding tert-OH is 2. The lowest BCUT2D eigenvalue weighted by Crippen LogP contribution is -2.50. The Kier molecular flexibility index (Phi) is 7.32. The van der Waals surface area contributed by atoms with E-state index in [0.717, 1.165) is 28.3 Å². The van der Waals surface area contributed by atoms with Gasteiger partial charge in [0, 0.05) is 18.3 Å². The zero-order valence-electron chi connectivity index (χ0n) is 18.3. The summed E-state index contributed by atoms with van der Waals surface area (Å²) in [5.41, 5.74) is 3.17. The molecule has 8 nitrogen and oxygen atoms in total. The minimum Gasteiger partial charge on any atom is -0.497 e. The third-order valence-corrected chi connectivity index (χ3v) is 6.98. The molecule has 2 amide bonds. The first-order valence-electron chi connectivity index (χ1n) is 10.8. The molecule has 2 aliphatic heterocycles. The number of methoxy groups -OCH3 is 1. The Morgan fingerprint density at radius 1 is 1.12 bits per heavy atom. The van der Waals surface area contributed by atoms with E-state index in [0.29, 0.717) is 19.6 Å². The summed E-state index contributed by atoms with van der Waals surface area (Å²) in [4.78, 5) is 30.8. The van der Waals surface area contributed by atoms with Gasteiger partial charge in [0.1, 0.15) is 5.75 Å². The van der Waals surface area contributed by atoms with Gasteiger partial charge in [-0.25, -0.2) is 0 Å². The molecule has 0 bridgehead atoms. The number of nitrogens with one attached hydrogen (secondary N) is 1. The summed E-state index contributed by atoms with van der Waals surface area (Å²) in [6, 6.07) is 15.5. The van der Waals surface area contributed by atoms with Gasteiger partial charge in [0.05, 0.1) is 25.2 Å². The van der Waals surface area contributed by atoms with E-state index in [4.69, 9.17) is 4.74 Å². The predicted molar refractivity (Wildman–Crippen MR) is 126 cm³/mol. The van der Waals surface area contributed by atoms with Gasteiger partial charge in [0.15, 0.2) is 12.2 Å². The Bertz CT molecular complexity index is 1020. The van der Waals surface area contributed by atoms with Crippen molar-refractivity contribution in [1.29, 1.82) is 0 Å². The quantitative estimate of drug-likeness (QED) is 0.535. The van der Waals surface area contributed by atoms with Crippen LogP contribution in [0, 0.1) is 0 Å². The topological polar surface area (TPSA) is 111 Å². The molecule has 0 aromatic heterocycles. The molecule has 2 aliphatic rings. The molecule has 2 heterocycles. The van der Waals surface area contributed by atoms with Crippen LogP contribution in [-0.4, -0.2) is 69.6 Å². The summed E-state index contributed by atoms with van der Waals surface area (Å²) in [7, 11) is 1.63. The first-order valence-corrected chi connectivity index (χ1v) is 11.6. The second-order valence-corrected chi connectivity index (χ2v) is 9.47. The third kappa shape index (κ3) is 5.55. The van der Waals surface area contributed by atoms with E-state index in [1.165, 1.54) is 10.5 Å². The van der Waals surface area contributed by atoms with Crippen LogP contribution in [0.25, 0.3) is 0 Å². The van der Waals surface area contributed by atoms with Crippen LogP contribution in [0.15, 0.2) is 53.5 Å². The van der Waals surface area contributed by atoms with Crippen molar-refractivity contribution in [3.63, 3.8) is 0 Å². The van der Waals surface area contributed by atoms with Crippen molar-refractivity contribution in [2.75, 3.05) is 20.2 Å². The van der Waals surface area contributed by atoms with Crippen LogP contribution in [0.1, 0.15) is 16.7 Å². The second kappa shape index (κ2) is 10.4. The summed E-state index contributed by atoms with van der Waals surface area (Å²) in [6.45, 7) is 1.49. The minimum absolute atomic E-state index is 0.149. The average molecular weight is 470 g/mol. The van der Waals surface area contributed by atoms with Crippen LogP contribution in [0.2, 0.25) is 0 Å². The minimum atomic E-state index is -1.84. The highest BCUT2D eigenvalue weighted by Crippen LogP contribution is 2.25. The van der Waals surface area contributed by atoms with Gasteiger partial charge < -0.3 is 25.2 Å². The number of carbonyl (C=O) groups is 2. The molecule has 2 aromatic rings. The number of thioether (sulfide) groups is 1. The van der Waals surface area contributed by atoms with Crippen molar-refractivity contribution in [2.24, 2.45) is 4.99 Å². The fourth-order valence-electron chi connectivity index (χ4n) is 3.92. The van der Waals surface area contributed by atoms with Crippen LogP contribution in [0.4, 0.5) is 0 Å². The molecule has 2 aromatic carbocycles. The number of rotatable bonds is 8. The zero-order valence-corrected chi connectivity index (χ0v) is 19.1. The van der Waals surface area contributed by atoms with Crippen LogP contribution in [0.5, 0.6) is 5.75 Å². The van der Waals surface area contributed by atoms with E-state index in [9.17, 15) is 19.8 Å². The molecule has 0 spiro atoms. The Morgan fingerprint density at radius 3 is 2.42 bits per heavy atom. The lowest BCUT2D eigenvalue weighted by Gasteiger charge is -2.22. The van der Waals surface area contributed by atoms with Gasteiger partial charge in [-0.15, -0.1) is 11.8 Å². The maximum Gasteiger partial charge on any atom is 0.255 e. The molecule has 0 saturated carbocycles. The number of hydrogen-bond donors (Lipinski definition) is 3. The Labute approximate surface area is 196 Å². The second-order valence-electron chi connectivity index (χ2n) is 8.10. The predicted octanol–water partition coefficient (Wildman–Crippen LogP) is 1.13. The largest absolute Gasteiger partial charge is 0.497 e. The molecular weight excluding hydrogens is 442 g/mol. The molecule has 3 N–H and O–H groups in total. The fraction of sp³-hybridized carbons (Fsp3) is 0.375. The number of carbonyl (C=O) groups excluding carboxylic acids is 2. The van der Waals surface area contributed by atoms with Gasteiger partial charge in [-0.3, -0.25) is 14.6 Å². The molecule has 0 saturated heterocycles. The molecule has 0 aliphatic carbocycles. The summed E-state index contributed by atoms with van der Waals surface area (Å²) in [6.07, 6.45) is -2.83. The molecular formula is C24H27N3O5S. The van der Waals surface area contributed by atoms with E-state index in [2.05, 4.69) is 10.3 Å². The van der Waals surface area contributed by atoms with Gasteiger partial charge in [0.2, 0.25) is 0 Å². The number of fused-ring (bicyclic) bond motifs is 1. The molecule has 174 valence electrons. The lowest BCUT2D eigenvalue weighted by atomic mass is 10.1.